The molecule has 1 fully saturated rings. The highest BCUT2D eigenvalue weighted by molar-refractivity contribution is 6.31. The number of hydrogen-bond acceptors (Lipinski definition) is 6. The number of carbonyl (C=O) groups is 2. The molecule has 1 unspecified atom stereocenters. The number of nitrogens with zero attached hydrogens (tertiary/aromatic N) is 3. The summed E-state index contributed by atoms with van der Waals surface area (Å²) in [6.07, 6.45) is 1.50. The minimum Gasteiger partial charge on any atom is -0.474 e. The second-order valence-corrected chi connectivity index (χ2v) is 8.26. The van der Waals surface area contributed by atoms with E-state index >= 15 is 0 Å². The number of aromatic nitrogens is 3. The Bertz CT molecular complexity index is 1350. The monoisotopic (exact) mass is 457 g/mol. The number of fused-ring (bicyclic) bond motifs is 1. The first kappa shape index (κ1) is 21.4. The lowest BCUT2D eigenvalue weighted by Gasteiger charge is -2.31. The van der Waals surface area contributed by atoms with E-state index in [2.05, 4.69) is 10.2 Å². The van der Waals surface area contributed by atoms with Crippen molar-refractivity contribution in [3.63, 3.8) is 0 Å². The maximum atomic E-state index is 12.0. The quantitative estimate of drug-likeness (QED) is 0.397. The molecule has 2 aromatic heterocycles. The summed E-state index contributed by atoms with van der Waals surface area (Å²) >= 11 is 0. The van der Waals surface area contributed by atoms with Gasteiger partial charge in [0.25, 0.3) is 0 Å². The van der Waals surface area contributed by atoms with Gasteiger partial charge < -0.3 is 20.5 Å². The van der Waals surface area contributed by atoms with Crippen LogP contribution in [0, 0.1) is 0 Å². The predicted octanol–water partition coefficient (Wildman–Crippen LogP) is 3.79. The van der Waals surface area contributed by atoms with Crippen LogP contribution in [0.25, 0.3) is 22.2 Å². The number of H-pyrrole nitrogens is 1. The molecule has 2 aromatic carbocycles. The van der Waals surface area contributed by atoms with E-state index in [4.69, 9.17) is 20.6 Å². The van der Waals surface area contributed by atoms with Crippen molar-refractivity contribution in [3.05, 3.63) is 66.4 Å². The fourth-order valence-corrected chi connectivity index (χ4v) is 4.35. The number of hydrogen-bond donors (Lipinski definition) is 3. The number of para-hydroxylation sites is 1. The lowest BCUT2D eigenvalue weighted by molar-refractivity contribution is -0.156. The summed E-state index contributed by atoms with van der Waals surface area (Å²) in [6.45, 7) is 0.729. The Balaban J connectivity index is 1.48. The van der Waals surface area contributed by atoms with E-state index in [9.17, 15) is 9.59 Å². The molecular weight excluding hydrogens is 434 g/mol. The molecule has 0 radical (unpaired) electrons. The van der Waals surface area contributed by atoms with Crippen LogP contribution in [-0.4, -0.2) is 50.2 Å². The number of aliphatic carboxylic acids is 1. The number of likely N-dealkylation sites (tertiary alicyclic amines) is 1. The van der Waals surface area contributed by atoms with E-state index in [1.807, 2.05) is 60.7 Å². The highest BCUT2D eigenvalue weighted by Crippen LogP contribution is 2.35. The highest BCUT2D eigenvalue weighted by Gasteiger charge is 2.30. The van der Waals surface area contributed by atoms with Crippen molar-refractivity contribution in [3.8, 4) is 22.8 Å². The van der Waals surface area contributed by atoms with Gasteiger partial charge in [-0.05, 0) is 55.3 Å². The molecule has 1 atom stereocenters. The van der Waals surface area contributed by atoms with Gasteiger partial charge in [0.15, 0.2) is 5.82 Å². The van der Waals surface area contributed by atoms with Gasteiger partial charge in [-0.3, -0.25) is 14.9 Å². The SMILES string of the molecule is Nc1n[nH]c2cc(C3CCCN(C(=O)C(=O)O)C3)nc(-c3ccc(Oc4ccccc4)cc3)c12. The lowest BCUT2D eigenvalue weighted by atomic mass is 9.93. The molecule has 1 aliphatic heterocycles. The second kappa shape index (κ2) is 8.86. The summed E-state index contributed by atoms with van der Waals surface area (Å²) in [6, 6.07) is 19.0. The molecule has 0 saturated carbocycles. The number of pyridine rings is 1. The molecule has 9 nitrogen and oxygen atoms in total. The van der Waals surface area contributed by atoms with Gasteiger partial charge in [0.05, 0.1) is 16.6 Å². The average Bonchev–Trinajstić information content (AvgIpc) is 3.25. The maximum Gasteiger partial charge on any atom is 0.394 e. The molecule has 5 rings (SSSR count). The van der Waals surface area contributed by atoms with Gasteiger partial charge >= 0.3 is 11.9 Å². The lowest BCUT2D eigenvalue weighted by Crippen LogP contribution is -2.42. The van der Waals surface area contributed by atoms with Crippen LogP contribution in [0.1, 0.15) is 24.5 Å². The smallest absolute Gasteiger partial charge is 0.394 e. The van der Waals surface area contributed by atoms with Crippen molar-refractivity contribution >= 4 is 28.6 Å². The Hall–Kier alpha value is -4.40. The van der Waals surface area contributed by atoms with Gasteiger partial charge in [-0.15, -0.1) is 0 Å². The zero-order valence-corrected chi connectivity index (χ0v) is 18.3. The van der Waals surface area contributed by atoms with E-state index in [1.54, 1.807) is 0 Å². The van der Waals surface area contributed by atoms with Crippen LogP contribution in [0.4, 0.5) is 5.82 Å². The number of carboxylic acid groups (broad SMARTS) is 1. The fraction of sp³-hybridized carbons (Fsp3) is 0.200. The third-order valence-electron chi connectivity index (χ3n) is 6.01. The first-order valence-corrected chi connectivity index (χ1v) is 11.0. The Kier molecular flexibility index (Phi) is 5.59. The van der Waals surface area contributed by atoms with Crippen molar-refractivity contribution in [1.29, 1.82) is 0 Å². The number of amides is 1. The number of benzene rings is 2. The zero-order chi connectivity index (χ0) is 23.7. The van der Waals surface area contributed by atoms with Gasteiger partial charge in [0.1, 0.15) is 11.5 Å². The second-order valence-electron chi connectivity index (χ2n) is 8.26. The topological polar surface area (TPSA) is 134 Å². The number of aromatic amines is 1. The Morgan fingerprint density at radius 1 is 1.09 bits per heavy atom. The van der Waals surface area contributed by atoms with Crippen molar-refractivity contribution in [2.45, 2.75) is 18.8 Å². The van der Waals surface area contributed by atoms with E-state index in [1.165, 1.54) is 4.90 Å². The molecule has 1 aliphatic rings. The molecule has 4 aromatic rings. The van der Waals surface area contributed by atoms with Gasteiger partial charge in [0, 0.05) is 30.3 Å². The minimum atomic E-state index is -1.44. The van der Waals surface area contributed by atoms with Crippen LogP contribution in [0.15, 0.2) is 60.7 Å². The van der Waals surface area contributed by atoms with Crippen molar-refractivity contribution < 1.29 is 19.4 Å². The van der Waals surface area contributed by atoms with Gasteiger partial charge in [0.2, 0.25) is 0 Å². The summed E-state index contributed by atoms with van der Waals surface area (Å²) in [5, 5.41) is 16.9. The van der Waals surface area contributed by atoms with Crippen molar-refractivity contribution in [2.75, 3.05) is 18.8 Å². The summed E-state index contributed by atoms with van der Waals surface area (Å²) < 4.78 is 5.89. The molecule has 0 bridgehead atoms. The standard InChI is InChI=1S/C25H23N5O4/c26-23-21-20(28-29-23)13-19(16-5-4-12-30(14-16)24(31)25(32)33)27-22(21)15-8-10-18(11-9-15)34-17-6-2-1-3-7-17/h1-3,6-11,13,16H,4-5,12,14H2,(H,32,33)(H3,26,28,29). The summed E-state index contributed by atoms with van der Waals surface area (Å²) in [5.74, 6) is -0.632. The van der Waals surface area contributed by atoms with Gasteiger partial charge in [-0.2, -0.15) is 5.10 Å². The number of ether oxygens (including phenoxy) is 1. The molecule has 34 heavy (non-hydrogen) atoms. The van der Waals surface area contributed by atoms with Crippen molar-refractivity contribution in [2.24, 2.45) is 0 Å². The predicted molar refractivity (Wildman–Crippen MR) is 126 cm³/mol. The Morgan fingerprint density at radius 2 is 1.82 bits per heavy atom. The van der Waals surface area contributed by atoms with E-state index in [0.29, 0.717) is 36.8 Å². The van der Waals surface area contributed by atoms with Crippen LogP contribution in [0.3, 0.4) is 0 Å². The van der Waals surface area contributed by atoms with E-state index < -0.39 is 11.9 Å². The van der Waals surface area contributed by atoms with E-state index in [-0.39, 0.29) is 5.92 Å². The summed E-state index contributed by atoms with van der Waals surface area (Å²) in [4.78, 5) is 29.4. The number of carboxylic acids is 1. The normalized spacial score (nSPS) is 15.9. The molecule has 0 spiro atoms. The Morgan fingerprint density at radius 3 is 2.56 bits per heavy atom. The minimum absolute atomic E-state index is 0.0922. The fourth-order valence-electron chi connectivity index (χ4n) is 4.35. The number of carbonyl (C=O) groups excluding carboxylic acids is 1. The summed E-state index contributed by atoms with van der Waals surface area (Å²) in [7, 11) is 0. The molecule has 172 valence electrons. The van der Waals surface area contributed by atoms with Crippen molar-refractivity contribution in [1.82, 2.24) is 20.1 Å². The van der Waals surface area contributed by atoms with Crippen LogP contribution in [-0.2, 0) is 9.59 Å². The number of nitrogens with two attached hydrogens (primary N) is 1. The third-order valence-corrected chi connectivity index (χ3v) is 6.01. The number of rotatable bonds is 4. The molecule has 0 aliphatic carbocycles. The van der Waals surface area contributed by atoms with Crippen LogP contribution in [0.2, 0.25) is 0 Å². The summed E-state index contributed by atoms with van der Waals surface area (Å²) in [5.41, 5.74) is 9.16. The van der Waals surface area contributed by atoms with E-state index in [0.717, 1.165) is 34.3 Å². The molecule has 4 N–H and O–H groups in total. The average molecular weight is 457 g/mol. The highest BCUT2D eigenvalue weighted by atomic mass is 16.5. The maximum absolute atomic E-state index is 12.0. The zero-order valence-electron chi connectivity index (χ0n) is 18.3. The Labute approximate surface area is 195 Å². The number of nitrogen functional groups attached to an aromatic ring is 1. The number of piperidine rings is 1. The van der Waals surface area contributed by atoms with Gasteiger partial charge in [-0.1, -0.05) is 18.2 Å². The molecule has 1 amide bonds. The number of anilines is 1. The molecular formula is C25H23N5O4. The first-order valence-electron chi connectivity index (χ1n) is 11.0. The van der Waals surface area contributed by atoms with Crippen LogP contribution < -0.4 is 10.5 Å². The first-order chi connectivity index (χ1) is 16.5. The van der Waals surface area contributed by atoms with Crippen LogP contribution in [0.5, 0.6) is 11.5 Å². The third kappa shape index (κ3) is 4.15. The molecule has 3 heterocycles. The molecule has 9 heteroatoms. The largest absolute Gasteiger partial charge is 0.474 e. The number of nitrogens with one attached hydrogen (secondary N) is 1. The van der Waals surface area contributed by atoms with Gasteiger partial charge in [-0.25, -0.2) is 4.79 Å². The van der Waals surface area contributed by atoms with Crippen LogP contribution >= 0.6 is 0 Å². The molecule has 1 saturated heterocycles.